The molecule has 1 N–H and O–H groups in total. The van der Waals surface area contributed by atoms with Crippen molar-refractivity contribution in [3.8, 4) is 5.75 Å². The third-order valence-electron chi connectivity index (χ3n) is 3.37. The Hall–Kier alpha value is -1.06. The van der Waals surface area contributed by atoms with Crippen molar-refractivity contribution < 1.29 is 9.47 Å². The second-order valence-corrected chi connectivity index (χ2v) is 4.83. The maximum atomic E-state index is 5.89. The average molecular weight is 249 g/mol. The molecule has 18 heavy (non-hydrogen) atoms. The molecule has 0 radical (unpaired) electrons. The normalized spacial score (nSPS) is 23.2. The summed E-state index contributed by atoms with van der Waals surface area (Å²) in [4.78, 5) is 0. The number of ether oxygens (including phenoxy) is 2. The van der Waals surface area contributed by atoms with E-state index in [1.165, 1.54) is 5.56 Å². The topological polar surface area (TPSA) is 30.5 Å². The van der Waals surface area contributed by atoms with Gasteiger partial charge in [0.05, 0.1) is 12.2 Å². The van der Waals surface area contributed by atoms with Crippen LogP contribution in [0.3, 0.4) is 0 Å². The van der Waals surface area contributed by atoms with Gasteiger partial charge in [-0.1, -0.05) is 19.1 Å². The number of likely N-dealkylation sites (N-methyl/N-ethyl adjacent to an activating group) is 1. The number of hydrogen-bond donors (Lipinski definition) is 1. The van der Waals surface area contributed by atoms with Gasteiger partial charge in [0.25, 0.3) is 0 Å². The second-order valence-electron chi connectivity index (χ2n) is 4.83. The van der Waals surface area contributed by atoms with Gasteiger partial charge in [-0.3, -0.25) is 0 Å². The van der Waals surface area contributed by atoms with Gasteiger partial charge in [0, 0.05) is 6.54 Å². The van der Waals surface area contributed by atoms with Crippen LogP contribution < -0.4 is 10.1 Å². The highest BCUT2D eigenvalue weighted by Gasteiger charge is 2.24. The zero-order valence-electron chi connectivity index (χ0n) is 11.3. The molecule has 3 nitrogen and oxygen atoms in total. The zero-order valence-corrected chi connectivity index (χ0v) is 11.3. The minimum absolute atomic E-state index is 0.244. The molecular formula is C15H23NO2. The monoisotopic (exact) mass is 249 g/mol. The molecule has 0 amide bonds. The van der Waals surface area contributed by atoms with Crippen LogP contribution in [0.2, 0.25) is 0 Å². The molecule has 100 valence electrons. The molecular weight excluding hydrogens is 226 g/mol. The molecule has 1 aliphatic rings. The van der Waals surface area contributed by atoms with E-state index in [0.29, 0.717) is 12.7 Å². The molecule has 1 saturated heterocycles. The Bertz CT molecular complexity index is 367. The summed E-state index contributed by atoms with van der Waals surface area (Å²) in [6.07, 6.45) is 3.87. The fourth-order valence-electron chi connectivity index (χ4n) is 2.32. The molecule has 0 bridgehead atoms. The van der Waals surface area contributed by atoms with E-state index in [1.807, 2.05) is 19.2 Å². The molecule has 1 aliphatic heterocycles. The summed E-state index contributed by atoms with van der Waals surface area (Å²) in [5.74, 6) is 0.954. The highest BCUT2D eigenvalue weighted by atomic mass is 16.5. The summed E-state index contributed by atoms with van der Waals surface area (Å²) in [7, 11) is 1.96. The van der Waals surface area contributed by atoms with E-state index < -0.39 is 0 Å². The maximum absolute atomic E-state index is 5.89. The van der Waals surface area contributed by atoms with Crippen LogP contribution in [0, 0.1) is 0 Å². The molecule has 1 fully saturated rings. The third kappa shape index (κ3) is 3.72. The van der Waals surface area contributed by atoms with E-state index >= 15 is 0 Å². The molecule has 0 saturated carbocycles. The Morgan fingerprint density at radius 3 is 2.94 bits per heavy atom. The fourth-order valence-corrected chi connectivity index (χ4v) is 2.32. The van der Waals surface area contributed by atoms with Gasteiger partial charge >= 0.3 is 0 Å². The van der Waals surface area contributed by atoms with Crippen molar-refractivity contribution in [1.29, 1.82) is 0 Å². The third-order valence-corrected chi connectivity index (χ3v) is 3.37. The van der Waals surface area contributed by atoms with Gasteiger partial charge in [-0.25, -0.2) is 0 Å². The van der Waals surface area contributed by atoms with Gasteiger partial charge in [-0.05, 0) is 44.0 Å². The smallest absolute Gasteiger partial charge is 0.119 e. The van der Waals surface area contributed by atoms with Crippen LogP contribution in [0.5, 0.6) is 5.75 Å². The SMILES string of the molecule is CCc1cccc(OCC2CCC(CNC)O2)c1. The molecule has 0 aromatic heterocycles. The molecule has 0 aliphatic carbocycles. The number of nitrogens with one attached hydrogen (secondary N) is 1. The van der Waals surface area contributed by atoms with Gasteiger partial charge in [-0.2, -0.15) is 0 Å². The number of benzene rings is 1. The van der Waals surface area contributed by atoms with Crippen LogP contribution >= 0.6 is 0 Å². The summed E-state index contributed by atoms with van der Waals surface area (Å²) < 4.78 is 11.7. The molecule has 1 aromatic carbocycles. The lowest BCUT2D eigenvalue weighted by Crippen LogP contribution is -2.25. The summed E-state index contributed by atoms with van der Waals surface area (Å²) in [5, 5.41) is 3.15. The van der Waals surface area contributed by atoms with Gasteiger partial charge in [0.15, 0.2) is 0 Å². The van der Waals surface area contributed by atoms with Gasteiger partial charge < -0.3 is 14.8 Å². The van der Waals surface area contributed by atoms with Crippen molar-refractivity contribution in [2.24, 2.45) is 0 Å². The molecule has 0 spiro atoms. The second kappa shape index (κ2) is 6.76. The molecule has 1 aromatic rings. The van der Waals surface area contributed by atoms with Crippen molar-refractivity contribution >= 4 is 0 Å². The predicted octanol–water partition coefficient (Wildman–Crippen LogP) is 2.39. The minimum atomic E-state index is 0.244. The van der Waals surface area contributed by atoms with Crippen molar-refractivity contribution in [3.63, 3.8) is 0 Å². The van der Waals surface area contributed by atoms with E-state index in [0.717, 1.165) is 31.6 Å². The Labute approximate surface area is 109 Å². The van der Waals surface area contributed by atoms with Crippen LogP contribution in [0.25, 0.3) is 0 Å². The van der Waals surface area contributed by atoms with Gasteiger partial charge in [0.2, 0.25) is 0 Å². The lowest BCUT2D eigenvalue weighted by molar-refractivity contribution is 0.0193. The summed E-state index contributed by atoms with van der Waals surface area (Å²) in [6, 6.07) is 8.30. The first kappa shape index (κ1) is 13.4. The first-order valence-electron chi connectivity index (χ1n) is 6.83. The van der Waals surface area contributed by atoms with Crippen LogP contribution in [0.1, 0.15) is 25.3 Å². The molecule has 2 unspecified atom stereocenters. The zero-order chi connectivity index (χ0) is 12.8. The van der Waals surface area contributed by atoms with Crippen LogP contribution in [0.4, 0.5) is 0 Å². The van der Waals surface area contributed by atoms with E-state index in [1.54, 1.807) is 0 Å². The first-order chi connectivity index (χ1) is 8.81. The first-order valence-corrected chi connectivity index (χ1v) is 6.83. The van der Waals surface area contributed by atoms with E-state index in [4.69, 9.17) is 9.47 Å². The van der Waals surface area contributed by atoms with Crippen molar-refractivity contribution in [2.75, 3.05) is 20.2 Å². The largest absolute Gasteiger partial charge is 0.491 e. The van der Waals surface area contributed by atoms with E-state index in [9.17, 15) is 0 Å². The van der Waals surface area contributed by atoms with Gasteiger partial charge in [-0.15, -0.1) is 0 Å². The highest BCUT2D eigenvalue weighted by molar-refractivity contribution is 5.28. The summed E-state index contributed by atoms with van der Waals surface area (Å²) >= 11 is 0. The lowest BCUT2D eigenvalue weighted by Gasteiger charge is -2.14. The van der Waals surface area contributed by atoms with Gasteiger partial charge in [0.1, 0.15) is 12.4 Å². The Morgan fingerprint density at radius 2 is 2.17 bits per heavy atom. The number of aryl methyl sites for hydroxylation is 1. The number of rotatable bonds is 6. The minimum Gasteiger partial charge on any atom is -0.491 e. The standard InChI is InChI=1S/C15H23NO2/c1-3-12-5-4-6-13(9-12)17-11-15-8-7-14(18-15)10-16-2/h4-6,9,14-16H,3,7-8,10-11H2,1-2H3. The summed E-state index contributed by atoms with van der Waals surface area (Å²) in [5.41, 5.74) is 1.31. The Morgan fingerprint density at radius 1 is 1.33 bits per heavy atom. The Balaban J connectivity index is 1.78. The van der Waals surface area contributed by atoms with Crippen molar-refractivity contribution in [2.45, 2.75) is 38.4 Å². The molecule has 3 heteroatoms. The maximum Gasteiger partial charge on any atom is 0.119 e. The lowest BCUT2D eigenvalue weighted by atomic mass is 10.1. The van der Waals surface area contributed by atoms with Crippen molar-refractivity contribution in [1.82, 2.24) is 5.32 Å². The van der Waals surface area contributed by atoms with Crippen molar-refractivity contribution in [3.05, 3.63) is 29.8 Å². The average Bonchev–Trinajstić information content (AvgIpc) is 2.85. The van der Waals surface area contributed by atoms with Crippen LogP contribution in [-0.2, 0) is 11.2 Å². The predicted molar refractivity (Wildman–Crippen MR) is 73.1 cm³/mol. The summed E-state index contributed by atoms with van der Waals surface area (Å²) in [6.45, 7) is 3.75. The fraction of sp³-hybridized carbons (Fsp3) is 0.600. The quantitative estimate of drug-likeness (QED) is 0.839. The molecule has 2 atom stereocenters. The Kier molecular flexibility index (Phi) is 5.02. The molecule has 2 rings (SSSR count). The van der Waals surface area contributed by atoms with Crippen LogP contribution in [-0.4, -0.2) is 32.4 Å². The molecule has 1 heterocycles. The van der Waals surface area contributed by atoms with Crippen LogP contribution in [0.15, 0.2) is 24.3 Å². The van der Waals surface area contributed by atoms with E-state index in [2.05, 4.69) is 24.4 Å². The number of hydrogen-bond acceptors (Lipinski definition) is 3. The highest BCUT2D eigenvalue weighted by Crippen LogP contribution is 2.21. The van der Waals surface area contributed by atoms with E-state index in [-0.39, 0.29) is 6.10 Å².